The minimum absolute atomic E-state index is 0.595. The summed E-state index contributed by atoms with van der Waals surface area (Å²) in [6, 6.07) is 58.4. The first-order chi connectivity index (χ1) is 23.8. The SMILES string of the molecule is c1ccc(-c2ccc(-c3ccccc3)c(-c3cccc(-c4nc5ccccc5o4)c3)c2-c2cccc(-c3nc4ccccc4o3)c2)cc1. The van der Waals surface area contributed by atoms with E-state index in [1.54, 1.807) is 0 Å². The third-order valence-electron chi connectivity index (χ3n) is 8.76. The maximum atomic E-state index is 6.23. The van der Waals surface area contributed by atoms with Gasteiger partial charge in [0, 0.05) is 11.1 Å². The van der Waals surface area contributed by atoms with Crippen molar-refractivity contribution >= 4 is 22.2 Å². The van der Waals surface area contributed by atoms with Crippen molar-refractivity contribution in [3.05, 3.63) is 170 Å². The van der Waals surface area contributed by atoms with E-state index in [4.69, 9.17) is 18.8 Å². The van der Waals surface area contributed by atoms with Gasteiger partial charge in [-0.2, -0.15) is 0 Å². The molecule has 0 atom stereocenters. The van der Waals surface area contributed by atoms with Gasteiger partial charge in [-0.05, 0) is 93.0 Å². The van der Waals surface area contributed by atoms with Crippen LogP contribution in [0.1, 0.15) is 0 Å². The molecule has 0 aliphatic heterocycles. The van der Waals surface area contributed by atoms with E-state index in [1.165, 1.54) is 0 Å². The van der Waals surface area contributed by atoms with Crippen molar-refractivity contribution in [3.8, 4) is 67.4 Å². The Morgan fingerprint density at radius 3 is 1.12 bits per heavy atom. The van der Waals surface area contributed by atoms with Crippen molar-refractivity contribution in [1.82, 2.24) is 9.97 Å². The number of nitrogens with zero attached hydrogens (tertiary/aromatic N) is 2. The normalized spacial score (nSPS) is 11.3. The van der Waals surface area contributed by atoms with Crippen molar-refractivity contribution in [2.24, 2.45) is 0 Å². The molecular formula is C44H28N2O2. The molecule has 0 aliphatic carbocycles. The lowest BCUT2D eigenvalue weighted by atomic mass is 9.82. The van der Waals surface area contributed by atoms with Crippen molar-refractivity contribution in [2.45, 2.75) is 0 Å². The van der Waals surface area contributed by atoms with Crippen LogP contribution in [0.3, 0.4) is 0 Å². The molecule has 9 rings (SSSR count). The predicted molar refractivity (Wildman–Crippen MR) is 194 cm³/mol. The van der Waals surface area contributed by atoms with Crippen molar-refractivity contribution in [1.29, 1.82) is 0 Å². The Bertz CT molecular complexity index is 2320. The zero-order valence-corrected chi connectivity index (χ0v) is 25.9. The topological polar surface area (TPSA) is 52.1 Å². The molecule has 0 bridgehead atoms. The van der Waals surface area contributed by atoms with Crippen LogP contribution in [0.4, 0.5) is 0 Å². The maximum absolute atomic E-state index is 6.23. The van der Waals surface area contributed by atoms with Gasteiger partial charge < -0.3 is 8.83 Å². The minimum atomic E-state index is 0.595. The Balaban J connectivity index is 1.32. The zero-order chi connectivity index (χ0) is 31.9. The van der Waals surface area contributed by atoms with Gasteiger partial charge in [-0.1, -0.05) is 121 Å². The molecule has 9 aromatic rings. The summed E-state index contributed by atoms with van der Waals surface area (Å²) in [6.07, 6.45) is 0. The van der Waals surface area contributed by atoms with E-state index < -0.39 is 0 Å². The van der Waals surface area contributed by atoms with Crippen molar-refractivity contribution in [3.63, 3.8) is 0 Å². The molecule has 0 N–H and O–H groups in total. The molecule has 2 aromatic heterocycles. The lowest BCUT2D eigenvalue weighted by Crippen LogP contribution is -1.95. The van der Waals surface area contributed by atoms with Gasteiger partial charge in [-0.25, -0.2) is 9.97 Å². The summed E-state index contributed by atoms with van der Waals surface area (Å²) in [7, 11) is 0. The van der Waals surface area contributed by atoms with Crippen LogP contribution in [-0.4, -0.2) is 9.97 Å². The fourth-order valence-corrected chi connectivity index (χ4v) is 6.53. The number of para-hydroxylation sites is 4. The van der Waals surface area contributed by atoms with Crippen molar-refractivity contribution < 1.29 is 8.83 Å². The Hall–Kier alpha value is -6.52. The molecule has 0 spiro atoms. The molecule has 0 radical (unpaired) electrons. The molecule has 226 valence electrons. The molecule has 0 fully saturated rings. The number of benzene rings is 7. The first-order valence-electron chi connectivity index (χ1n) is 16.0. The molecule has 4 heteroatoms. The van der Waals surface area contributed by atoms with E-state index in [0.29, 0.717) is 11.8 Å². The molecule has 2 heterocycles. The van der Waals surface area contributed by atoms with Gasteiger partial charge in [0.05, 0.1) is 0 Å². The second kappa shape index (κ2) is 11.7. The van der Waals surface area contributed by atoms with E-state index in [1.807, 2.05) is 48.5 Å². The second-order valence-corrected chi connectivity index (χ2v) is 11.8. The van der Waals surface area contributed by atoms with E-state index >= 15 is 0 Å². The molecule has 0 unspecified atom stereocenters. The highest BCUT2D eigenvalue weighted by Gasteiger charge is 2.21. The first-order valence-corrected chi connectivity index (χ1v) is 16.0. The van der Waals surface area contributed by atoms with Crippen LogP contribution in [0, 0.1) is 0 Å². The quantitative estimate of drug-likeness (QED) is 0.186. The lowest BCUT2D eigenvalue weighted by molar-refractivity contribution is 0.619. The number of rotatable bonds is 6. The average molecular weight is 617 g/mol. The summed E-state index contributed by atoms with van der Waals surface area (Å²) in [5.74, 6) is 1.19. The Morgan fingerprint density at radius 2 is 0.688 bits per heavy atom. The Labute approximate surface area is 277 Å². The van der Waals surface area contributed by atoms with E-state index in [9.17, 15) is 0 Å². The summed E-state index contributed by atoms with van der Waals surface area (Å²) in [5.41, 5.74) is 13.9. The van der Waals surface area contributed by atoms with E-state index in [2.05, 4.69) is 121 Å². The van der Waals surface area contributed by atoms with Crippen LogP contribution in [0.2, 0.25) is 0 Å². The molecule has 7 aromatic carbocycles. The third-order valence-corrected chi connectivity index (χ3v) is 8.76. The summed E-state index contributed by atoms with van der Waals surface area (Å²) in [5, 5.41) is 0. The largest absolute Gasteiger partial charge is 0.436 e. The summed E-state index contributed by atoms with van der Waals surface area (Å²) < 4.78 is 12.5. The van der Waals surface area contributed by atoms with Crippen LogP contribution in [0.15, 0.2) is 179 Å². The second-order valence-electron chi connectivity index (χ2n) is 11.8. The summed E-state index contributed by atoms with van der Waals surface area (Å²) >= 11 is 0. The first kappa shape index (κ1) is 27.8. The number of aromatic nitrogens is 2. The van der Waals surface area contributed by atoms with Gasteiger partial charge in [0.15, 0.2) is 11.2 Å². The number of oxazole rings is 2. The van der Waals surface area contributed by atoms with E-state index in [-0.39, 0.29) is 0 Å². The Morgan fingerprint density at radius 1 is 0.312 bits per heavy atom. The van der Waals surface area contributed by atoms with Crippen LogP contribution in [-0.2, 0) is 0 Å². The highest BCUT2D eigenvalue weighted by molar-refractivity contribution is 6.02. The van der Waals surface area contributed by atoms with Crippen LogP contribution in [0.25, 0.3) is 89.6 Å². The van der Waals surface area contributed by atoms with Crippen LogP contribution in [0.5, 0.6) is 0 Å². The molecular weight excluding hydrogens is 588 g/mol. The van der Waals surface area contributed by atoms with E-state index in [0.717, 1.165) is 77.8 Å². The number of fused-ring (bicyclic) bond motifs is 2. The van der Waals surface area contributed by atoms with Gasteiger partial charge in [0.1, 0.15) is 11.0 Å². The molecule has 0 saturated heterocycles. The molecule has 4 nitrogen and oxygen atoms in total. The minimum Gasteiger partial charge on any atom is -0.436 e. The van der Waals surface area contributed by atoms with Crippen LogP contribution >= 0.6 is 0 Å². The number of hydrogen-bond donors (Lipinski definition) is 0. The molecule has 0 aliphatic rings. The monoisotopic (exact) mass is 616 g/mol. The van der Waals surface area contributed by atoms with Gasteiger partial charge in [0.2, 0.25) is 11.8 Å². The summed E-state index contributed by atoms with van der Waals surface area (Å²) in [6.45, 7) is 0. The fourth-order valence-electron chi connectivity index (χ4n) is 6.53. The number of hydrogen-bond acceptors (Lipinski definition) is 4. The zero-order valence-electron chi connectivity index (χ0n) is 25.9. The lowest BCUT2D eigenvalue weighted by Gasteiger charge is -2.21. The highest BCUT2D eigenvalue weighted by Crippen LogP contribution is 2.47. The van der Waals surface area contributed by atoms with Gasteiger partial charge in [-0.15, -0.1) is 0 Å². The molecule has 0 saturated carbocycles. The van der Waals surface area contributed by atoms with Gasteiger partial charge in [-0.3, -0.25) is 0 Å². The average Bonchev–Trinajstić information content (AvgIpc) is 3.80. The Kier molecular flexibility index (Phi) is 6.76. The summed E-state index contributed by atoms with van der Waals surface area (Å²) in [4.78, 5) is 9.65. The van der Waals surface area contributed by atoms with Crippen molar-refractivity contribution in [2.75, 3.05) is 0 Å². The third kappa shape index (κ3) is 4.97. The molecule has 0 amide bonds. The highest BCUT2D eigenvalue weighted by atomic mass is 16.4. The smallest absolute Gasteiger partial charge is 0.227 e. The standard InChI is InChI=1S/C44H28N2O2/c1-3-13-29(14-4-1)35-25-26-36(30-15-5-2-6-16-30)42(32-18-12-20-34(28-32)44-46-38-22-8-10-24-40(38)48-44)41(35)31-17-11-19-33(27-31)43-45-37-21-7-9-23-39(37)47-43/h1-28H. The maximum Gasteiger partial charge on any atom is 0.227 e. The van der Waals surface area contributed by atoms with Crippen LogP contribution < -0.4 is 0 Å². The molecule has 48 heavy (non-hydrogen) atoms. The van der Waals surface area contributed by atoms with Gasteiger partial charge >= 0.3 is 0 Å². The fraction of sp³-hybridized carbons (Fsp3) is 0. The van der Waals surface area contributed by atoms with Gasteiger partial charge in [0.25, 0.3) is 0 Å². The predicted octanol–water partition coefficient (Wildman–Crippen LogP) is 12.0.